The number of rotatable bonds is 9. The van der Waals surface area contributed by atoms with E-state index in [1.54, 1.807) is 19.1 Å². The van der Waals surface area contributed by atoms with Crippen molar-refractivity contribution in [2.75, 3.05) is 63.9 Å². The Labute approximate surface area is 334 Å². The molecule has 0 bridgehead atoms. The fourth-order valence-electron chi connectivity index (χ4n) is 7.20. The van der Waals surface area contributed by atoms with Crippen LogP contribution in [0.2, 0.25) is 0 Å². The molecule has 1 amide bonds. The molecular formula is C38H43N7O11S2. The summed E-state index contributed by atoms with van der Waals surface area (Å²) < 4.78 is 72.6. The topological polar surface area (TPSA) is 262 Å². The highest BCUT2D eigenvalue weighted by Gasteiger charge is 2.40. The molecule has 2 heterocycles. The quantitative estimate of drug-likeness (QED) is 0.0697. The van der Waals surface area contributed by atoms with Gasteiger partial charge in [0.15, 0.2) is 17.6 Å². The zero-order chi connectivity index (χ0) is 42.3. The van der Waals surface area contributed by atoms with Gasteiger partial charge in [-0.15, -0.1) is 5.11 Å². The van der Waals surface area contributed by atoms with Crippen LogP contribution in [0.15, 0.2) is 74.6 Å². The highest BCUT2D eigenvalue weighted by atomic mass is 32.2. The van der Waals surface area contributed by atoms with Gasteiger partial charge in [0.1, 0.15) is 15.5 Å². The summed E-state index contributed by atoms with van der Waals surface area (Å²) in [6, 6.07) is 13.6. The Kier molecular flexibility index (Phi) is 12.0. The lowest BCUT2D eigenvalue weighted by Crippen LogP contribution is -2.59. The number of likely N-dealkylation sites (N-methyl/N-ethyl adjacent to an activating group) is 1. The van der Waals surface area contributed by atoms with E-state index in [0.717, 1.165) is 22.8 Å². The Hall–Kier alpha value is -5.35. The summed E-state index contributed by atoms with van der Waals surface area (Å²) >= 11 is 0. The fourth-order valence-corrected chi connectivity index (χ4v) is 8.64. The molecule has 18 nitrogen and oxygen atoms in total. The molecule has 2 atom stereocenters. The number of nitrogen functional groups attached to an aromatic ring is 1. The minimum Gasteiger partial charge on any atom is -0.505 e. The predicted octanol–water partition coefficient (Wildman–Crippen LogP) is 3.69. The van der Waals surface area contributed by atoms with Crippen molar-refractivity contribution in [3.05, 3.63) is 65.7 Å². The number of aryl methyl sites for hydroxylation is 2. The lowest BCUT2D eigenvalue weighted by Gasteiger charge is -2.40. The number of anilines is 2. The van der Waals surface area contributed by atoms with Crippen molar-refractivity contribution in [3.8, 4) is 16.9 Å². The molecule has 0 aromatic heterocycles. The number of hydrogen-bond acceptors (Lipinski definition) is 15. The number of Topliss-reactive ketones (excluding diaryl/α,β-unsaturated/α-hetero) is 1. The SMILES string of the molecule is CC(=O)C1OC(=O)CN2CCN(CC(=O)Nc3ccc(-c4ccc(N=Nc5ccc6c(S(=O)(=O)O)cc(S(=O)(=O)O)c(N)c6c5O)c(C)c4)cc3C)CCN(C)CC12. The van der Waals surface area contributed by atoms with E-state index in [1.807, 2.05) is 48.0 Å². The van der Waals surface area contributed by atoms with Gasteiger partial charge < -0.3 is 25.8 Å². The van der Waals surface area contributed by atoms with Gasteiger partial charge in [-0.25, -0.2) is 0 Å². The molecule has 0 spiro atoms. The first kappa shape index (κ1) is 42.3. The van der Waals surface area contributed by atoms with Gasteiger partial charge in [0.2, 0.25) is 5.91 Å². The number of carbonyl (C=O) groups excluding carboxylic acids is 3. The van der Waals surface area contributed by atoms with E-state index in [-0.39, 0.29) is 41.9 Å². The zero-order valence-corrected chi connectivity index (χ0v) is 33.7. The molecule has 0 aliphatic carbocycles. The molecule has 2 unspecified atom stereocenters. The number of fused-ring (bicyclic) bond motifs is 2. The number of ketones is 1. The van der Waals surface area contributed by atoms with Crippen LogP contribution < -0.4 is 11.1 Å². The molecule has 58 heavy (non-hydrogen) atoms. The molecule has 2 aliphatic rings. The van der Waals surface area contributed by atoms with Gasteiger partial charge in [0.05, 0.1) is 35.9 Å². The molecule has 6 N–H and O–H groups in total. The number of ether oxygens (including phenoxy) is 1. The maximum atomic E-state index is 13.3. The fraction of sp³-hybridized carbons (Fsp3) is 0.342. The summed E-state index contributed by atoms with van der Waals surface area (Å²) in [6.07, 6.45) is -0.819. The highest BCUT2D eigenvalue weighted by molar-refractivity contribution is 7.87. The highest BCUT2D eigenvalue weighted by Crippen LogP contribution is 2.44. The number of phenolic OH excluding ortho intramolecular Hbond substituents is 1. The van der Waals surface area contributed by atoms with Crippen molar-refractivity contribution < 1.29 is 50.2 Å². The van der Waals surface area contributed by atoms with Crippen LogP contribution in [0.5, 0.6) is 5.75 Å². The van der Waals surface area contributed by atoms with Crippen LogP contribution in [0.25, 0.3) is 21.9 Å². The van der Waals surface area contributed by atoms with E-state index in [9.17, 15) is 45.4 Å². The first-order valence-corrected chi connectivity index (χ1v) is 20.9. The molecule has 2 fully saturated rings. The Bertz CT molecular complexity index is 2580. The van der Waals surface area contributed by atoms with Gasteiger partial charge in [-0.1, -0.05) is 18.2 Å². The Balaban J connectivity index is 1.15. The molecule has 0 radical (unpaired) electrons. The number of phenols is 1. The zero-order valence-electron chi connectivity index (χ0n) is 32.0. The Morgan fingerprint density at radius 3 is 2.14 bits per heavy atom. The van der Waals surface area contributed by atoms with Crippen LogP contribution >= 0.6 is 0 Å². The number of cyclic esters (lactones) is 1. The average Bonchev–Trinajstić information content (AvgIpc) is 3.20. The molecule has 308 valence electrons. The van der Waals surface area contributed by atoms with Crippen LogP contribution in [-0.2, 0) is 39.4 Å². The predicted molar refractivity (Wildman–Crippen MR) is 214 cm³/mol. The normalized spacial score (nSPS) is 19.0. The lowest BCUT2D eigenvalue weighted by atomic mass is 10.00. The number of azo groups is 1. The molecule has 2 saturated heterocycles. The molecule has 6 rings (SSSR count). The monoisotopic (exact) mass is 837 g/mol. The third kappa shape index (κ3) is 9.18. The van der Waals surface area contributed by atoms with Gasteiger partial charge in [0, 0.05) is 43.8 Å². The van der Waals surface area contributed by atoms with Crippen molar-refractivity contribution in [1.82, 2.24) is 14.7 Å². The summed E-state index contributed by atoms with van der Waals surface area (Å²) in [5, 5.41) is 21.5. The Morgan fingerprint density at radius 1 is 0.879 bits per heavy atom. The summed E-state index contributed by atoms with van der Waals surface area (Å²) in [7, 11) is -8.13. The second kappa shape index (κ2) is 16.5. The van der Waals surface area contributed by atoms with Crippen LogP contribution in [0.3, 0.4) is 0 Å². The first-order chi connectivity index (χ1) is 27.2. The molecule has 20 heteroatoms. The number of aromatic hydroxyl groups is 1. The standard InChI is InChI=1S/C38H43N7O11S2/c1-21-15-24(5-8-27(21)40-33(47)19-44-12-11-43(4)18-30-38(23(3)46)56-34(48)20-45(30)14-13-44)25-6-9-28(22(2)16-25)41-42-29-10-7-26-31(57(50,51)52)17-32(58(53,54)55)36(39)35(26)37(29)49/h5-10,15-17,30,38,49H,11-14,18-20,39H2,1-4H3,(H,40,47)(H,50,51,52)(H,53,54,55). The van der Waals surface area contributed by atoms with Crippen molar-refractivity contribution in [3.63, 3.8) is 0 Å². The summed E-state index contributed by atoms with van der Waals surface area (Å²) in [6.45, 7) is 8.16. The minimum absolute atomic E-state index is 0.0847. The van der Waals surface area contributed by atoms with Crippen molar-refractivity contribution >= 4 is 71.4 Å². The minimum atomic E-state index is -5.06. The van der Waals surface area contributed by atoms with Gasteiger partial charge in [-0.2, -0.15) is 21.9 Å². The van der Waals surface area contributed by atoms with Crippen molar-refractivity contribution in [2.45, 2.75) is 42.7 Å². The first-order valence-electron chi connectivity index (χ1n) is 18.0. The molecule has 0 saturated carbocycles. The van der Waals surface area contributed by atoms with Gasteiger partial charge in [-0.05, 0) is 86.5 Å². The number of nitrogens with two attached hydrogens (primary N) is 1. The number of hydrogen-bond donors (Lipinski definition) is 5. The summed E-state index contributed by atoms with van der Waals surface area (Å²) in [4.78, 5) is 42.0. The third-order valence-electron chi connectivity index (χ3n) is 10.2. The maximum absolute atomic E-state index is 13.3. The smallest absolute Gasteiger partial charge is 0.320 e. The lowest BCUT2D eigenvalue weighted by molar-refractivity contribution is -0.170. The molecular weight excluding hydrogens is 795 g/mol. The van der Waals surface area contributed by atoms with Crippen molar-refractivity contribution in [1.29, 1.82) is 0 Å². The van der Waals surface area contributed by atoms with Crippen molar-refractivity contribution in [2.24, 2.45) is 10.2 Å². The third-order valence-corrected chi connectivity index (χ3v) is 12.0. The molecule has 4 aromatic rings. The number of carbonyl (C=O) groups is 3. The summed E-state index contributed by atoms with van der Waals surface area (Å²) in [5.41, 5.74) is 9.32. The number of benzene rings is 4. The second-order valence-corrected chi connectivity index (χ2v) is 17.2. The number of amides is 1. The van der Waals surface area contributed by atoms with E-state index in [1.165, 1.54) is 13.0 Å². The molecule has 4 aromatic carbocycles. The van der Waals surface area contributed by atoms with E-state index in [0.29, 0.717) is 55.7 Å². The largest absolute Gasteiger partial charge is 0.505 e. The van der Waals surface area contributed by atoms with E-state index in [4.69, 9.17) is 10.5 Å². The van der Waals surface area contributed by atoms with Gasteiger partial charge in [-0.3, -0.25) is 33.3 Å². The summed E-state index contributed by atoms with van der Waals surface area (Å²) in [5.74, 6) is -1.56. The van der Waals surface area contributed by atoms with Crippen LogP contribution in [0.1, 0.15) is 18.1 Å². The number of nitrogens with zero attached hydrogens (tertiary/aromatic N) is 5. The van der Waals surface area contributed by atoms with E-state index in [2.05, 4.69) is 20.4 Å². The van der Waals surface area contributed by atoms with E-state index >= 15 is 0 Å². The number of nitrogens with one attached hydrogen (secondary N) is 1. The van der Waals surface area contributed by atoms with E-state index < -0.39 is 58.9 Å². The number of morpholine rings is 1. The molecule has 2 aliphatic heterocycles. The number of esters is 1. The van der Waals surface area contributed by atoms with Gasteiger partial charge >= 0.3 is 5.97 Å². The average molecular weight is 838 g/mol. The second-order valence-electron chi connectivity index (χ2n) is 14.5. The van der Waals surface area contributed by atoms with Crippen LogP contribution in [-0.4, -0.2) is 128 Å². The van der Waals surface area contributed by atoms with Gasteiger partial charge in [0.25, 0.3) is 20.2 Å². The maximum Gasteiger partial charge on any atom is 0.320 e. The van der Waals surface area contributed by atoms with Crippen LogP contribution in [0.4, 0.5) is 22.7 Å². The Morgan fingerprint density at radius 2 is 1.50 bits per heavy atom. The van der Waals surface area contributed by atoms with Crippen LogP contribution in [0, 0.1) is 13.8 Å².